The average Bonchev–Trinajstić information content (AvgIpc) is 2.94. The summed E-state index contributed by atoms with van der Waals surface area (Å²) in [4.78, 5) is 25.6. The minimum absolute atomic E-state index is 0.144. The Morgan fingerprint density at radius 1 is 1.24 bits per heavy atom. The molecule has 0 spiro atoms. The fourth-order valence-corrected chi connectivity index (χ4v) is 3.42. The number of benzene rings is 1. The zero-order valence-electron chi connectivity index (χ0n) is 15.0. The van der Waals surface area contributed by atoms with Gasteiger partial charge in [0.2, 0.25) is 5.91 Å². The third kappa shape index (κ3) is 3.76. The van der Waals surface area contributed by atoms with Crippen LogP contribution in [0.25, 0.3) is 11.1 Å². The van der Waals surface area contributed by atoms with E-state index < -0.39 is 5.63 Å². The van der Waals surface area contributed by atoms with Crippen molar-refractivity contribution in [1.82, 2.24) is 10.1 Å². The van der Waals surface area contributed by atoms with Crippen molar-refractivity contribution in [2.24, 2.45) is 0 Å². The summed E-state index contributed by atoms with van der Waals surface area (Å²) < 4.78 is 6.52. The number of anilines is 1. The lowest BCUT2D eigenvalue weighted by Crippen LogP contribution is -2.89. The molecule has 1 aliphatic rings. The number of carbonyl (C=O) groups is 1. The van der Waals surface area contributed by atoms with Crippen LogP contribution in [0.4, 0.5) is 5.69 Å². The molecular formula is C18H25N4O3+. The minimum atomic E-state index is -0.399. The van der Waals surface area contributed by atoms with Gasteiger partial charge in [-0.05, 0) is 42.7 Å². The maximum Gasteiger partial charge on any atom is 0.365 e. The second-order valence-corrected chi connectivity index (χ2v) is 6.54. The van der Waals surface area contributed by atoms with Gasteiger partial charge in [0.15, 0.2) is 0 Å². The Kier molecular flexibility index (Phi) is 4.94. The first-order valence-electron chi connectivity index (χ1n) is 8.59. The standard InChI is InChI=1S/C18H24N4O3/c1-12-8-15(9-13(2)17(12)21-6-4-19-5-7-21)16-10-22(25-18(16)24)11-20-14(3)23/h8-10,19H,4-7,11H2,1-3H3,(H,20,23)/p+1. The number of hydrogen-bond donors (Lipinski definition) is 2. The Morgan fingerprint density at radius 2 is 1.88 bits per heavy atom. The molecule has 7 nitrogen and oxygen atoms in total. The molecule has 0 saturated carbocycles. The molecule has 2 aromatic rings. The molecule has 134 valence electrons. The van der Waals surface area contributed by atoms with E-state index in [1.165, 1.54) is 17.4 Å². The number of aromatic nitrogens is 1. The molecule has 3 rings (SSSR count). The summed E-state index contributed by atoms with van der Waals surface area (Å²) in [7, 11) is 0. The second-order valence-electron chi connectivity index (χ2n) is 6.54. The van der Waals surface area contributed by atoms with Crippen LogP contribution in [0.15, 0.2) is 27.6 Å². The SMILES string of the molecule is CC(=O)NCn1cc(-c2cc(C)c(N3CC[NH2+]CC3)c(C)c2)c(=O)o1. The maximum atomic E-state index is 12.2. The molecule has 1 aromatic heterocycles. The normalized spacial score (nSPS) is 14.6. The van der Waals surface area contributed by atoms with Crippen LogP contribution in [-0.4, -0.2) is 36.8 Å². The summed E-state index contributed by atoms with van der Waals surface area (Å²) in [6.45, 7) is 10.0. The minimum Gasteiger partial charge on any atom is -0.360 e. The van der Waals surface area contributed by atoms with Gasteiger partial charge in [0.25, 0.3) is 0 Å². The Labute approximate surface area is 146 Å². The summed E-state index contributed by atoms with van der Waals surface area (Å²) in [6.07, 6.45) is 1.64. The summed E-state index contributed by atoms with van der Waals surface area (Å²) in [6, 6.07) is 4.07. The van der Waals surface area contributed by atoms with Crippen molar-refractivity contribution in [3.8, 4) is 11.1 Å². The van der Waals surface area contributed by atoms with Crippen molar-refractivity contribution in [2.45, 2.75) is 27.4 Å². The third-order valence-electron chi connectivity index (χ3n) is 4.50. The van der Waals surface area contributed by atoms with E-state index in [1.54, 1.807) is 6.20 Å². The molecular weight excluding hydrogens is 320 g/mol. The first kappa shape index (κ1) is 17.3. The van der Waals surface area contributed by atoms with Crippen LogP contribution < -0.4 is 21.2 Å². The zero-order valence-corrected chi connectivity index (χ0v) is 15.0. The number of nitrogens with zero attached hydrogens (tertiary/aromatic N) is 2. The Hall–Kier alpha value is -2.54. The number of piperazine rings is 1. The molecule has 25 heavy (non-hydrogen) atoms. The molecule has 0 radical (unpaired) electrons. The first-order chi connectivity index (χ1) is 12.0. The van der Waals surface area contributed by atoms with Gasteiger partial charge in [0.1, 0.15) is 6.67 Å². The maximum absolute atomic E-state index is 12.2. The van der Waals surface area contributed by atoms with E-state index in [0.717, 1.165) is 42.9 Å². The molecule has 1 amide bonds. The molecule has 0 bridgehead atoms. The molecule has 1 aromatic carbocycles. The number of quaternary nitrogens is 1. The van der Waals surface area contributed by atoms with Gasteiger partial charge >= 0.3 is 5.63 Å². The van der Waals surface area contributed by atoms with E-state index in [9.17, 15) is 9.59 Å². The van der Waals surface area contributed by atoms with Crippen LogP contribution in [0.2, 0.25) is 0 Å². The van der Waals surface area contributed by atoms with Crippen LogP contribution in [0.5, 0.6) is 0 Å². The van der Waals surface area contributed by atoms with E-state index in [4.69, 9.17) is 4.52 Å². The third-order valence-corrected chi connectivity index (χ3v) is 4.50. The van der Waals surface area contributed by atoms with Gasteiger partial charge in [-0.3, -0.25) is 4.79 Å². The molecule has 0 unspecified atom stereocenters. The van der Waals surface area contributed by atoms with Crippen molar-refractivity contribution < 1.29 is 14.6 Å². The predicted molar refractivity (Wildman–Crippen MR) is 95.6 cm³/mol. The van der Waals surface area contributed by atoms with E-state index in [-0.39, 0.29) is 12.6 Å². The Morgan fingerprint density at radius 3 is 2.48 bits per heavy atom. The van der Waals surface area contributed by atoms with Gasteiger partial charge in [-0.15, -0.1) is 0 Å². The van der Waals surface area contributed by atoms with E-state index in [2.05, 4.69) is 29.4 Å². The van der Waals surface area contributed by atoms with E-state index in [1.807, 2.05) is 12.1 Å². The lowest BCUT2D eigenvalue weighted by atomic mass is 9.99. The monoisotopic (exact) mass is 345 g/mol. The van der Waals surface area contributed by atoms with Crippen LogP contribution in [0.3, 0.4) is 0 Å². The quantitative estimate of drug-likeness (QED) is 0.829. The van der Waals surface area contributed by atoms with Gasteiger partial charge in [-0.2, -0.15) is 4.74 Å². The van der Waals surface area contributed by atoms with Crippen LogP contribution in [0, 0.1) is 13.8 Å². The van der Waals surface area contributed by atoms with E-state index in [0.29, 0.717) is 5.56 Å². The summed E-state index contributed by atoms with van der Waals surface area (Å²) >= 11 is 0. The fraction of sp³-hybridized carbons (Fsp3) is 0.444. The van der Waals surface area contributed by atoms with Crippen LogP contribution in [-0.2, 0) is 11.5 Å². The molecule has 3 N–H and O–H groups in total. The van der Waals surface area contributed by atoms with E-state index >= 15 is 0 Å². The summed E-state index contributed by atoms with van der Waals surface area (Å²) in [5.74, 6) is -0.173. The molecule has 0 aliphatic carbocycles. The van der Waals surface area contributed by atoms with Gasteiger partial charge in [0.05, 0.1) is 37.9 Å². The number of carbonyl (C=O) groups excluding carboxylic acids is 1. The molecule has 1 fully saturated rings. The number of aryl methyl sites for hydroxylation is 2. The number of nitrogens with one attached hydrogen (secondary N) is 1. The largest absolute Gasteiger partial charge is 0.365 e. The Balaban J connectivity index is 1.91. The van der Waals surface area contributed by atoms with Gasteiger partial charge in [-0.25, -0.2) is 4.79 Å². The molecule has 1 aliphatic heterocycles. The van der Waals surface area contributed by atoms with Gasteiger partial charge < -0.3 is 20.1 Å². The van der Waals surface area contributed by atoms with Crippen molar-refractivity contribution in [1.29, 1.82) is 0 Å². The lowest BCUT2D eigenvalue weighted by Gasteiger charge is -2.30. The molecule has 2 heterocycles. The van der Waals surface area contributed by atoms with Crippen LogP contribution in [0.1, 0.15) is 18.1 Å². The average molecular weight is 345 g/mol. The lowest BCUT2D eigenvalue weighted by molar-refractivity contribution is -0.655. The number of rotatable bonds is 4. The smallest absolute Gasteiger partial charge is 0.360 e. The number of nitrogens with two attached hydrogens (primary N) is 1. The Bertz CT molecular complexity index is 808. The van der Waals surface area contributed by atoms with Crippen molar-refractivity contribution in [2.75, 3.05) is 31.1 Å². The summed E-state index contributed by atoms with van der Waals surface area (Å²) in [5.41, 5.74) is 4.54. The highest BCUT2D eigenvalue weighted by atomic mass is 16.5. The van der Waals surface area contributed by atoms with Crippen molar-refractivity contribution in [3.05, 3.63) is 39.9 Å². The van der Waals surface area contributed by atoms with Gasteiger partial charge in [0, 0.05) is 12.6 Å². The summed E-state index contributed by atoms with van der Waals surface area (Å²) in [5, 5.41) is 4.94. The highest BCUT2D eigenvalue weighted by Crippen LogP contribution is 2.30. The fourth-order valence-electron chi connectivity index (χ4n) is 3.42. The highest BCUT2D eigenvalue weighted by Gasteiger charge is 2.19. The molecule has 0 atom stereocenters. The zero-order chi connectivity index (χ0) is 18.0. The van der Waals surface area contributed by atoms with Crippen LogP contribution >= 0.6 is 0 Å². The predicted octanol–water partition coefficient (Wildman–Crippen LogP) is 0.202. The number of amides is 1. The molecule has 1 saturated heterocycles. The van der Waals surface area contributed by atoms with Gasteiger partial charge in [-0.1, -0.05) is 0 Å². The number of hydrogen-bond acceptors (Lipinski definition) is 4. The highest BCUT2D eigenvalue weighted by molar-refractivity contribution is 5.72. The first-order valence-corrected chi connectivity index (χ1v) is 8.59. The second kappa shape index (κ2) is 7.14. The van der Waals surface area contributed by atoms with Crippen molar-refractivity contribution in [3.63, 3.8) is 0 Å². The van der Waals surface area contributed by atoms with Crippen molar-refractivity contribution >= 4 is 11.6 Å². The molecule has 7 heteroatoms. The topological polar surface area (TPSA) is 84.1 Å².